The highest BCUT2D eigenvalue weighted by molar-refractivity contribution is 6.09. The normalized spacial score (nSPS) is 13.8. The lowest BCUT2D eigenvalue weighted by atomic mass is 9.87. The van der Waals surface area contributed by atoms with E-state index in [1.54, 1.807) is 0 Å². The molecule has 0 fully saturated rings. The molecule has 33 heavy (non-hydrogen) atoms. The Balaban J connectivity index is -0.000000409. The van der Waals surface area contributed by atoms with Gasteiger partial charge in [-0.05, 0) is 17.8 Å². The van der Waals surface area contributed by atoms with Crippen LogP contribution in [0.5, 0.6) is 0 Å². The van der Waals surface area contributed by atoms with Crippen molar-refractivity contribution < 1.29 is 0 Å². The molecule has 3 atom stereocenters. The molecule has 0 aliphatic rings. The third-order valence-corrected chi connectivity index (χ3v) is 12.2. The van der Waals surface area contributed by atoms with Gasteiger partial charge in [0.05, 0.1) is 0 Å². The van der Waals surface area contributed by atoms with Gasteiger partial charge in [0, 0.05) is 0 Å². The van der Waals surface area contributed by atoms with E-state index < -0.39 is 0 Å². The zero-order valence-electron chi connectivity index (χ0n) is 26.1. The van der Waals surface area contributed by atoms with Crippen molar-refractivity contribution in [3.05, 3.63) is 0 Å². The smallest absolute Gasteiger partial charge is 0.0985 e. The molecule has 0 radical (unpaired) electrons. The highest BCUT2D eigenvalue weighted by Gasteiger charge is 2.14. The van der Waals surface area contributed by atoms with Crippen LogP contribution >= 0.6 is 0 Å². The molecule has 198 valence electrons. The molecule has 0 spiro atoms. The second-order valence-corrected chi connectivity index (χ2v) is 13.6. The van der Waals surface area contributed by atoms with Crippen LogP contribution in [-0.4, -0.2) is 48.9 Å². The molecule has 3 unspecified atom stereocenters. The SMILES string of the molecule is CCCC(CCC)C(C)[CH2][AlH2].CCCC(CCC)C(C)[CH2][AlH2].CCCC(CCC)C(C)[CH2][AlH2]. The van der Waals surface area contributed by atoms with Crippen LogP contribution in [0.25, 0.3) is 0 Å². The second kappa shape index (κ2) is 29.8. The van der Waals surface area contributed by atoms with Crippen molar-refractivity contribution in [1.82, 2.24) is 0 Å². The lowest BCUT2D eigenvalue weighted by Gasteiger charge is -2.21. The Kier molecular flexibility index (Phi) is 35.4. The molecule has 0 aromatic heterocycles. The molecule has 0 heterocycles. The van der Waals surface area contributed by atoms with Gasteiger partial charge in [-0.15, -0.1) is 0 Å². The fraction of sp³-hybridized carbons (Fsp3) is 1.00. The van der Waals surface area contributed by atoms with Gasteiger partial charge in [0.1, 0.15) is 0 Å². The van der Waals surface area contributed by atoms with Gasteiger partial charge in [0.25, 0.3) is 0 Å². The van der Waals surface area contributed by atoms with Crippen LogP contribution in [0.3, 0.4) is 0 Å². The van der Waals surface area contributed by atoms with Crippen molar-refractivity contribution in [2.24, 2.45) is 35.5 Å². The highest BCUT2D eigenvalue weighted by atomic mass is 27.1. The van der Waals surface area contributed by atoms with E-state index in [2.05, 4.69) is 62.3 Å². The largest absolute Gasteiger partial charge is 0.212 e. The van der Waals surface area contributed by atoms with Gasteiger partial charge in [0.2, 0.25) is 48.9 Å². The molecule has 0 rings (SSSR count). The van der Waals surface area contributed by atoms with Gasteiger partial charge in [-0.1, -0.05) is 173 Å². The molecular weight excluding hydrogens is 441 g/mol. The molecular formula is C30H69Al3. The van der Waals surface area contributed by atoms with Crippen LogP contribution < -0.4 is 0 Å². The molecule has 0 N–H and O–H groups in total. The predicted octanol–water partition coefficient (Wildman–Crippen LogP) is 8.67. The molecule has 0 aromatic carbocycles. The summed E-state index contributed by atoms with van der Waals surface area (Å²) in [6, 6.07) is 0. The Labute approximate surface area is 238 Å². The summed E-state index contributed by atoms with van der Waals surface area (Å²) in [7, 11) is 0. The summed E-state index contributed by atoms with van der Waals surface area (Å²) in [5.41, 5.74) is 0. The fourth-order valence-electron chi connectivity index (χ4n) is 5.36. The Morgan fingerprint density at radius 3 is 0.606 bits per heavy atom. The monoisotopic (exact) mass is 510 g/mol. The third-order valence-electron chi connectivity index (χ3n) is 8.30. The molecule has 0 saturated heterocycles. The summed E-state index contributed by atoms with van der Waals surface area (Å²) in [6.45, 7) is 21.1. The van der Waals surface area contributed by atoms with Gasteiger partial charge >= 0.3 is 0 Å². The lowest BCUT2D eigenvalue weighted by molar-refractivity contribution is 0.331. The van der Waals surface area contributed by atoms with Crippen molar-refractivity contribution in [1.29, 1.82) is 0 Å². The van der Waals surface area contributed by atoms with Crippen LogP contribution in [-0.2, 0) is 0 Å². The van der Waals surface area contributed by atoms with Crippen molar-refractivity contribution in [2.45, 2.75) is 155 Å². The third kappa shape index (κ3) is 23.7. The van der Waals surface area contributed by atoms with E-state index >= 15 is 0 Å². The first kappa shape index (κ1) is 39.1. The maximum Gasteiger partial charge on any atom is 0.212 e. The molecule has 0 aromatic rings. The molecule has 0 bridgehead atoms. The minimum absolute atomic E-state index is 1.00. The summed E-state index contributed by atoms with van der Waals surface area (Å²) in [6.07, 6.45) is 17.0. The number of hydrogen-bond acceptors (Lipinski definition) is 0. The molecule has 0 aliphatic carbocycles. The van der Waals surface area contributed by atoms with Crippen molar-refractivity contribution in [3.63, 3.8) is 0 Å². The quantitative estimate of drug-likeness (QED) is 0.162. The van der Waals surface area contributed by atoms with E-state index in [0.29, 0.717) is 0 Å². The summed E-state index contributed by atoms with van der Waals surface area (Å²) in [5, 5.41) is 4.47. The van der Waals surface area contributed by atoms with Crippen LogP contribution in [0.15, 0.2) is 0 Å². The standard InChI is InChI=1S/3C10H21.3Al.6H/c3*1-5-7-10(8-6-2)9(3)4;;;;;;;;;/h3*9-10H,3,5-8H2,1-2,4H3;;;;;;;;;. The Morgan fingerprint density at radius 2 is 0.515 bits per heavy atom. The first-order valence-corrected chi connectivity index (χ1v) is 20.0. The lowest BCUT2D eigenvalue weighted by Crippen LogP contribution is -2.10. The number of rotatable bonds is 18. The zero-order valence-corrected chi connectivity index (χ0v) is 32.1. The average Bonchev–Trinajstić information content (AvgIpc) is 2.83. The van der Waals surface area contributed by atoms with Gasteiger partial charge in [0.15, 0.2) is 0 Å². The van der Waals surface area contributed by atoms with E-state index in [9.17, 15) is 0 Å². The van der Waals surface area contributed by atoms with Gasteiger partial charge in [-0.3, -0.25) is 0 Å². The maximum absolute atomic E-state index is 2.43. The summed E-state index contributed by atoms with van der Waals surface area (Å²) in [4.78, 5) is 0. The molecule has 0 aliphatic heterocycles. The van der Waals surface area contributed by atoms with E-state index in [4.69, 9.17) is 0 Å². The molecule has 0 saturated carbocycles. The van der Waals surface area contributed by atoms with E-state index in [-0.39, 0.29) is 0 Å². The van der Waals surface area contributed by atoms with E-state index in [1.165, 1.54) is 142 Å². The van der Waals surface area contributed by atoms with Gasteiger partial charge in [-0.25, -0.2) is 0 Å². The van der Waals surface area contributed by atoms with Crippen LogP contribution in [0.2, 0.25) is 15.8 Å². The van der Waals surface area contributed by atoms with Crippen molar-refractivity contribution in [2.75, 3.05) is 0 Å². The summed E-state index contributed by atoms with van der Waals surface area (Å²) < 4.78 is 0. The maximum atomic E-state index is 2.43. The minimum Gasteiger partial charge on any atom is -0.0985 e. The van der Waals surface area contributed by atoms with Gasteiger partial charge in [-0.2, -0.15) is 0 Å². The van der Waals surface area contributed by atoms with E-state index in [0.717, 1.165) is 35.5 Å². The van der Waals surface area contributed by atoms with Crippen LogP contribution in [0.4, 0.5) is 0 Å². The fourth-order valence-corrected chi connectivity index (χ4v) is 7.36. The zero-order chi connectivity index (χ0) is 26.1. The Hall–Kier alpha value is 1.60. The first-order chi connectivity index (χ1) is 15.8. The topological polar surface area (TPSA) is 0 Å². The van der Waals surface area contributed by atoms with Crippen molar-refractivity contribution in [3.8, 4) is 0 Å². The summed E-state index contributed by atoms with van der Waals surface area (Å²) >= 11 is 4.15. The minimum atomic E-state index is 1.00. The molecule has 0 nitrogen and oxygen atoms in total. The van der Waals surface area contributed by atoms with Crippen molar-refractivity contribution >= 4 is 48.9 Å². The first-order valence-electron chi connectivity index (χ1n) is 15.8. The van der Waals surface area contributed by atoms with E-state index in [1.807, 2.05) is 0 Å². The predicted molar refractivity (Wildman–Crippen MR) is 167 cm³/mol. The van der Waals surface area contributed by atoms with Crippen LogP contribution in [0, 0.1) is 35.5 Å². The Bertz CT molecular complexity index is 277. The molecule has 0 amide bonds. The van der Waals surface area contributed by atoms with Crippen LogP contribution in [0.1, 0.15) is 139 Å². The average molecular weight is 511 g/mol. The van der Waals surface area contributed by atoms with Gasteiger partial charge < -0.3 is 0 Å². The Morgan fingerprint density at radius 1 is 0.364 bits per heavy atom. The summed E-state index contributed by atoms with van der Waals surface area (Å²) in [5.74, 6) is 6.09. The molecule has 3 heteroatoms. The number of hydrogen-bond donors (Lipinski definition) is 0. The highest BCUT2D eigenvalue weighted by Crippen LogP contribution is 2.26. The second-order valence-electron chi connectivity index (χ2n) is 11.2.